The molecule has 0 spiro atoms. The summed E-state index contributed by atoms with van der Waals surface area (Å²) in [6.07, 6.45) is 0. The zero-order valence-electron chi connectivity index (χ0n) is 14.2. The molecule has 0 radical (unpaired) electrons. The number of carbonyl (C=O) groups excluding carboxylic acids is 1. The first kappa shape index (κ1) is 21.5. The van der Waals surface area contributed by atoms with Gasteiger partial charge in [-0.2, -0.15) is 0 Å². The molecule has 0 bridgehead atoms. The number of amides is 1. The molecule has 7 heteroatoms. The molecule has 0 aromatic heterocycles. The highest BCUT2D eigenvalue weighted by Gasteiger charge is 2.26. The number of hydrogen-bond acceptors (Lipinski definition) is 3. The fraction of sp³-hybridized carbons (Fsp3) is 0.500. The maximum atomic E-state index is 11.7. The molecule has 0 fully saturated rings. The van der Waals surface area contributed by atoms with Crippen LogP contribution in [0.1, 0.15) is 13.8 Å². The van der Waals surface area contributed by atoms with E-state index in [-0.39, 0.29) is 29.9 Å². The lowest BCUT2D eigenvalue weighted by Gasteiger charge is -2.24. The van der Waals surface area contributed by atoms with Crippen LogP contribution in [0.5, 0.6) is 5.75 Å². The van der Waals surface area contributed by atoms with Crippen LogP contribution in [0.4, 0.5) is 0 Å². The van der Waals surface area contributed by atoms with E-state index in [4.69, 9.17) is 4.74 Å². The number of hydrogen-bond donors (Lipinski definition) is 3. The van der Waals surface area contributed by atoms with E-state index in [1.54, 1.807) is 14.1 Å². The Hall–Kier alpha value is -1.51. The topological polar surface area (TPSA) is 74.8 Å². The number of benzene rings is 1. The number of halogens is 1. The highest BCUT2D eigenvalue weighted by atomic mass is 127. The average molecular weight is 434 g/mol. The van der Waals surface area contributed by atoms with Crippen LogP contribution in [-0.2, 0) is 4.79 Å². The molecule has 0 atom stereocenters. The number of guanidine groups is 1. The molecule has 1 aromatic carbocycles. The van der Waals surface area contributed by atoms with Gasteiger partial charge in [0.1, 0.15) is 12.4 Å². The molecule has 1 amide bonds. The van der Waals surface area contributed by atoms with E-state index in [0.717, 1.165) is 5.75 Å². The number of nitrogens with zero attached hydrogens (tertiary/aromatic N) is 1. The van der Waals surface area contributed by atoms with E-state index in [2.05, 4.69) is 20.9 Å². The van der Waals surface area contributed by atoms with E-state index >= 15 is 0 Å². The summed E-state index contributed by atoms with van der Waals surface area (Å²) in [5.41, 5.74) is -0.507. The number of carbonyl (C=O) groups is 1. The van der Waals surface area contributed by atoms with Gasteiger partial charge >= 0.3 is 0 Å². The van der Waals surface area contributed by atoms with Crippen LogP contribution in [0.25, 0.3) is 0 Å². The first-order chi connectivity index (χ1) is 10.5. The number of rotatable bonds is 7. The summed E-state index contributed by atoms with van der Waals surface area (Å²) in [5, 5.41) is 8.96. The number of nitrogens with one attached hydrogen (secondary N) is 3. The van der Waals surface area contributed by atoms with Gasteiger partial charge in [0.2, 0.25) is 5.91 Å². The Bertz CT molecular complexity index is 492. The Morgan fingerprint density at radius 2 is 1.87 bits per heavy atom. The highest BCUT2D eigenvalue weighted by Crippen LogP contribution is 2.12. The van der Waals surface area contributed by atoms with E-state index in [9.17, 15) is 4.79 Å². The van der Waals surface area contributed by atoms with Crippen molar-refractivity contribution in [1.29, 1.82) is 0 Å². The Morgan fingerprint density at radius 1 is 1.22 bits per heavy atom. The van der Waals surface area contributed by atoms with Gasteiger partial charge < -0.3 is 20.7 Å². The molecule has 3 N–H and O–H groups in total. The first-order valence-corrected chi connectivity index (χ1v) is 7.34. The average Bonchev–Trinajstić information content (AvgIpc) is 2.54. The van der Waals surface area contributed by atoms with Crippen LogP contribution in [0.3, 0.4) is 0 Å². The fourth-order valence-corrected chi connectivity index (χ4v) is 1.80. The Labute approximate surface area is 155 Å². The van der Waals surface area contributed by atoms with E-state index in [1.165, 1.54) is 0 Å². The van der Waals surface area contributed by atoms with Crippen molar-refractivity contribution in [2.75, 3.05) is 33.8 Å². The summed E-state index contributed by atoms with van der Waals surface area (Å²) >= 11 is 0. The molecule has 1 rings (SSSR count). The molecular weight excluding hydrogens is 407 g/mol. The summed E-state index contributed by atoms with van der Waals surface area (Å²) in [7, 11) is 3.33. The minimum absolute atomic E-state index is 0. The summed E-state index contributed by atoms with van der Waals surface area (Å²) < 4.78 is 5.59. The largest absolute Gasteiger partial charge is 0.492 e. The zero-order chi connectivity index (χ0) is 16.4. The first-order valence-electron chi connectivity index (χ1n) is 7.34. The van der Waals surface area contributed by atoms with Gasteiger partial charge in [-0.25, -0.2) is 0 Å². The summed E-state index contributed by atoms with van der Waals surface area (Å²) in [4.78, 5) is 15.8. The third-order valence-corrected chi connectivity index (χ3v) is 3.17. The molecule has 6 nitrogen and oxygen atoms in total. The molecule has 0 heterocycles. The fourth-order valence-electron chi connectivity index (χ4n) is 1.80. The molecule has 1 aromatic rings. The zero-order valence-corrected chi connectivity index (χ0v) is 16.5. The number of aliphatic imine (C=N–C) groups is 1. The summed E-state index contributed by atoms with van der Waals surface area (Å²) in [6, 6.07) is 9.65. The smallest absolute Gasteiger partial charge is 0.227 e. The van der Waals surface area contributed by atoms with Gasteiger partial charge in [-0.1, -0.05) is 18.2 Å². The van der Waals surface area contributed by atoms with Crippen LogP contribution in [0.15, 0.2) is 35.3 Å². The van der Waals surface area contributed by atoms with E-state index < -0.39 is 5.41 Å². The van der Waals surface area contributed by atoms with Gasteiger partial charge in [0.25, 0.3) is 0 Å². The normalized spacial score (nSPS) is 11.2. The molecule has 0 saturated carbocycles. The minimum Gasteiger partial charge on any atom is -0.492 e. The lowest BCUT2D eigenvalue weighted by Crippen LogP contribution is -2.47. The second-order valence-electron chi connectivity index (χ2n) is 5.48. The van der Waals surface area contributed by atoms with E-state index in [0.29, 0.717) is 25.7 Å². The maximum Gasteiger partial charge on any atom is 0.227 e. The van der Waals surface area contributed by atoms with E-state index in [1.807, 2.05) is 44.2 Å². The molecule has 0 unspecified atom stereocenters. The number of para-hydroxylation sites is 1. The Kier molecular flexibility index (Phi) is 10.4. The number of ether oxygens (including phenoxy) is 1. The highest BCUT2D eigenvalue weighted by molar-refractivity contribution is 14.0. The van der Waals surface area contributed by atoms with Crippen molar-refractivity contribution in [1.82, 2.24) is 16.0 Å². The van der Waals surface area contributed by atoms with Gasteiger partial charge in [0.05, 0.1) is 12.0 Å². The van der Waals surface area contributed by atoms with Crippen molar-refractivity contribution in [2.45, 2.75) is 13.8 Å². The van der Waals surface area contributed by atoms with Crippen LogP contribution in [-0.4, -0.2) is 45.7 Å². The molecule has 0 aliphatic carbocycles. The van der Waals surface area contributed by atoms with Crippen molar-refractivity contribution in [3.8, 4) is 5.75 Å². The molecular formula is C16H27IN4O2. The van der Waals surface area contributed by atoms with Crippen molar-refractivity contribution in [3.05, 3.63) is 30.3 Å². The van der Waals surface area contributed by atoms with Crippen LogP contribution < -0.4 is 20.7 Å². The van der Waals surface area contributed by atoms with Gasteiger partial charge in [-0.15, -0.1) is 24.0 Å². The Balaban J connectivity index is 0.00000484. The standard InChI is InChI=1S/C16H26N4O2.HI/c1-16(2,14(21)17-3)12-20-15(18-4)19-10-11-22-13-8-6-5-7-9-13;/h5-9H,10-12H2,1-4H3,(H,17,21)(H2,18,19,20);1H. The van der Waals surface area contributed by atoms with Crippen LogP contribution >= 0.6 is 24.0 Å². The predicted molar refractivity (Wildman–Crippen MR) is 105 cm³/mol. The van der Waals surface area contributed by atoms with Crippen LogP contribution in [0.2, 0.25) is 0 Å². The van der Waals surface area contributed by atoms with Crippen molar-refractivity contribution >= 4 is 35.8 Å². The van der Waals surface area contributed by atoms with Crippen LogP contribution in [0, 0.1) is 5.41 Å². The lowest BCUT2D eigenvalue weighted by molar-refractivity contribution is -0.128. The molecule has 130 valence electrons. The van der Waals surface area contributed by atoms with Crippen molar-refractivity contribution in [3.63, 3.8) is 0 Å². The summed E-state index contributed by atoms with van der Waals surface area (Å²) in [6.45, 7) is 5.40. The molecule has 0 saturated heterocycles. The van der Waals surface area contributed by atoms with Crippen molar-refractivity contribution in [2.24, 2.45) is 10.4 Å². The molecule has 23 heavy (non-hydrogen) atoms. The van der Waals surface area contributed by atoms with Gasteiger partial charge in [-0.05, 0) is 26.0 Å². The van der Waals surface area contributed by atoms with Gasteiger partial charge in [-0.3, -0.25) is 9.79 Å². The van der Waals surface area contributed by atoms with Gasteiger partial charge in [0, 0.05) is 20.6 Å². The predicted octanol–water partition coefficient (Wildman–Crippen LogP) is 1.62. The van der Waals surface area contributed by atoms with Crippen molar-refractivity contribution < 1.29 is 9.53 Å². The molecule has 0 aliphatic heterocycles. The maximum absolute atomic E-state index is 11.7. The Morgan fingerprint density at radius 3 is 2.43 bits per heavy atom. The SMILES string of the molecule is CN=C(NCCOc1ccccc1)NCC(C)(C)C(=O)NC.I. The summed E-state index contributed by atoms with van der Waals surface area (Å²) in [5.74, 6) is 1.48. The molecule has 0 aliphatic rings. The van der Waals surface area contributed by atoms with Gasteiger partial charge in [0.15, 0.2) is 5.96 Å². The quantitative estimate of drug-likeness (QED) is 0.264. The monoisotopic (exact) mass is 434 g/mol. The second kappa shape index (κ2) is 11.1. The third-order valence-electron chi connectivity index (χ3n) is 3.17. The lowest BCUT2D eigenvalue weighted by atomic mass is 9.92. The second-order valence-corrected chi connectivity index (χ2v) is 5.48. The minimum atomic E-state index is -0.507. The third kappa shape index (κ3) is 8.06.